The van der Waals surface area contributed by atoms with Crippen molar-refractivity contribution < 1.29 is 9.50 Å². The summed E-state index contributed by atoms with van der Waals surface area (Å²) in [7, 11) is 2.00. The molecule has 0 aliphatic heterocycles. The fourth-order valence-electron chi connectivity index (χ4n) is 1.90. The zero-order chi connectivity index (χ0) is 13.2. The average molecular weight is 239 g/mol. The molecule has 2 nitrogen and oxygen atoms in total. The fourth-order valence-corrected chi connectivity index (χ4v) is 1.90. The molecule has 0 bridgehead atoms. The van der Waals surface area contributed by atoms with Crippen LogP contribution in [-0.4, -0.2) is 23.1 Å². The lowest BCUT2D eigenvalue weighted by Gasteiger charge is -2.33. The Balaban J connectivity index is 2.95. The number of nitrogens with zero attached hydrogens (tertiary/aromatic N) is 1. The first-order valence-corrected chi connectivity index (χ1v) is 6.05. The van der Waals surface area contributed by atoms with Gasteiger partial charge in [-0.1, -0.05) is 13.8 Å². The molecule has 1 aromatic rings. The summed E-state index contributed by atoms with van der Waals surface area (Å²) in [5.41, 5.74) is 0.639. The van der Waals surface area contributed by atoms with Gasteiger partial charge in [-0.05, 0) is 45.0 Å². The summed E-state index contributed by atoms with van der Waals surface area (Å²) in [4.78, 5) is 2.15. The normalized spacial score (nSPS) is 15.3. The molecule has 0 fully saturated rings. The van der Waals surface area contributed by atoms with E-state index in [-0.39, 0.29) is 17.6 Å². The fraction of sp³-hybridized carbons (Fsp3) is 0.571. The Hall–Kier alpha value is -1.09. The third-order valence-corrected chi connectivity index (χ3v) is 3.66. The Kier molecular flexibility index (Phi) is 4.52. The predicted molar refractivity (Wildman–Crippen MR) is 68.5 cm³/mol. The van der Waals surface area contributed by atoms with E-state index in [1.807, 2.05) is 14.0 Å². The van der Waals surface area contributed by atoms with Gasteiger partial charge in [0.2, 0.25) is 0 Å². The number of hydrogen-bond donors (Lipinski definition) is 1. The third-order valence-electron chi connectivity index (χ3n) is 3.66. The zero-order valence-corrected chi connectivity index (χ0v) is 11.2. The highest BCUT2D eigenvalue weighted by atomic mass is 19.1. The van der Waals surface area contributed by atoms with Gasteiger partial charge in [-0.15, -0.1) is 0 Å². The van der Waals surface area contributed by atoms with Crippen molar-refractivity contribution in [1.29, 1.82) is 0 Å². The van der Waals surface area contributed by atoms with Gasteiger partial charge in [-0.25, -0.2) is 4.39 Å². The van der Waals surface area contributed by atoms with Crippen LogP contribution in [0.5, 0.6) is 5.75 Å². The quantitative estimate of drug-likeness (QED) is 0.868. The molecule has 1 aromatic carbocycles. The predicted octanol–water partition coefficient (Wildman–Crippen LogP) is 3.57. The average Bonchev–Trinajstić information content (AvgIpc) is 2.29. The van der Waals surface area contributed by atoms with Crippen LogP contribution in [-0.2, 0) is 0 Å². The summed E-state index contributed by atoms with van der Waals surface area (Å²) < 4.78 is 13.2. The molecule has 1 rings (SSSR count). The topological polar surface area (TPSA) is 23.5 Å². The number of halogens is 1. The van der Waals surface area contributed by atoms with Crippen LogP contribution in [0.3, 0.4) is 0 Å². The molecule has 1 N–H and O–H groups in total. The standard InChI is InChI=1S/C14H22FNO/c1-9(2)10(3)16(5)11(4)13-8-12(15)6-7-14(13)17/h6-11,17H,1-5H3. The lowest BCUT2D eigenvalue weighted by molar-refractivity contribution is 0.156. The minimum absolute atomic E-state index is 0.0110. The monoisotopic (exact) mass is 239 g/mol. The Morgan fingerprint density at radius 3 is 2.29 bits per heavy atom. The van der Waals surface area contributed by atoms with Crippen molar-refractivity contribution in [3.8, 4) is 5.75 Å². The van der Waals surface area contributed by atoms with Crippen molar-refractivity contribution in [3.05, 3.63) is 29.6 Å². The van der Waals surface area contributed by atoms with Gasteiger partial charge in [0.05, 0.1) is 0 Å². The van der Waals surface area contributed by atoms with Gasteiger partial charge in [0.15, 0.2) is 0 Å². The Morgan fingerprint density at radius 1 is 1.18 bits per heavy atom. The van der Waals surface area contributed by atoms with Crippen LogP contribution in [0.1, 0.15) is 39.3 Å². The highest BCUT2D eigenvalue weighted by Crippen LogP contribution is 2.30. The van der Waals surface area contributed by atoms with Gasteiger partial charge in [0.25, 0.3) is 0 Å². The Bertz CT molecular complexity index is 378. The molecule has 0 aliphatic carbocycles. The molecule has 17 heavy (non-hydrogen) atoms. The molecule has 2 atom stereocenters. The van der Waals surface area contributed by atoms with E-state index in [2.05, 4.69) is 25.7 Å². The molecule has 0 saturated carbocycles. The second-order valence-electron chi connectivity index (χ2n) is 5.03. The molecule has 0 aromatic heterocycles. The van der Waals surface area contributed by atoms with E-state index in [1.165, 1.54) is 18.2 Å². The van der Waals surface area contributed by atoms with Gasteiger partial charge in [-0.3, -0.25) is 4.90 Å². The number of phenols is 1. The van der Waals surface area contributed by atoms with Crippen molar-refractivity contribution in [2.24, 2.45) is 5.92 Å². The highest BCUT2D eigenvalue weighted by molar-refractivity contribution is 5.34. The van der Waals surface area contributed by atoms with Crippen LogP contribution in [0.2, 0.25) is 0 Å². The van der Waals surface area contributed by atoms with Crippen molar-refractivity contribution in [1.82, 2.24) is 4.90 Å². The smallest absolute Gasteiger partial charge is 0.123 e. The largest absolute Gasteiger partial charge is 0.508 e. The first kappa shape index (κ1) is 14.0. The summed E-state index contributed by atoms with van der Waals surface area (Å²) in [6, 6.07) is 4.45. The van der Waals surface area contributed by atoms with Gasteiger partial charge in [-0.2, -0.15) is 0 Å². The van der Waals surface area contributed by atoms with Gasteiger partial charge in [0.1, 0.15) is 11.6 Å². The second kappa shape index (κ2) is 5.50. The van der Waals surface area contributed by atoms with E-state index in [4.69, 9.17) is 0 Å². The first-order chi connectivity index (χ1) is 7.84. The van der Waals surface area contributed by atoms with E-state index >= 15 is 0 Å². The number of rotatable bonds is 4. The summed E-state index contributed by atoms with van der Waals surface area (Å²) in [5, 5.41) is 9.78. The Labute approximate surface area is 103 Å². The van der Waals surface area contributed by atoms with E-state index in [0.29, 0.717) is 17.5 Å². The molecular weight excluding hydrogens is 217 g/mol. The molecule has 96 valence electrons. The van der Waals surface area contributed by atoms with E-state index in [0.717, 1.165) is 0 Å². The number of aromatic hydroxyl groups is 1. The van der Waals surface area contributed by atoms with E-state index < -0.39 is 0 Å². The third kappa shape index (κ3) is 3.19. The van der Waals surface area contributed by atoms with Crippen molar-refractivity contribution in [2.45, 2.75) is 39.8 Å². The zero-order valence-electron chi connectivity index (χ0n) is 11.2. The van der Waals surface area contributed by atoms with Crippen LogP contribution in [0.15, 0.2) is 18.2 Å². The summed E-state index contributed by atoms with van der Waals surface area (Å²) >= 11 is 0. The Morgan fingerprint density at radius 2 is 1.76 bits per heavy atom. The minimum atomic E-state index is -0.310. The number of hydrogen-bond acceptors (Lipinski definition) is 2. The minimum Gasteiger partial charge on any atom is -0.508 e. The molecule has 0 aliphatic rings. The molecule has 0 saturated heterocycles. The molecule has 0 heterocycles. The highest BCUT2D eigenvalue weighted by Gasteiger charge is 2.22. The van der Waals surface area contributed by atoms with Crippen LogP contribution in [0.25, 0.3) is 0 Å². The van der Waals surface area contributed by atoms with Crippen LogP contribution >= 0.6 is 0 Å². The van der Waals surface area contributed by atoms with Crippen LogP contribution in [0, 0.1) is 11.7 Å². The van der Waals surface area contributed by atoms with E-state index in [9.17, 15) is 9.50 Å². The van der Waals surface area contributed by atoms with Crippen molar-refractivity contribution in [3.63, 3.8) is 0 Å². The maximum atomic E-state index is 13.2. The number of phenolic OH excluding ortho intramolecular Hbond substituents is 1. The summed E-state index contributed by atoms with van der Waals surface area (Å²) in [6.45, 7) is 8.42. The lowest BCUT2D eigenvalue weighted by atomic mass is 10.00. The lowest BCUT2D eigenvalue weighted by Crippen LogP contribution is -2.35. The second-order valence-corrected chi connectivity index (χ2v) is 5.03. The molecular formula is C14H22FNO. The molecule has 0 spiro atoms. The summed E-state index contributed by atoms with van der Waals surface area (Å²) in [5.74, 6) is 0.357. The maximum absolute atomic E-state index is 13.2. The van der Waals surface area contributed by atoms with Crippen LogP contribution in [0.4, 0.5) is 4.39 Å². The van der Waals surface area contributed by atoms with E-state index in [1.54, 1.807) is 0 Å². The summed E-state index contributed by atoms with van der Waals surface area (Å²) in [6.07, 6.45) is 0. The molecule has 3 heteroatoms. The molecule has 2 unspecified atom stereocenters. The number of benzene rings is 1. The van der Waals surface area contributed by atoms with Gasteiger partial charge >= 0.3 is 0 Å². The van der Waals surface area contributed by atoms with Crippen LogP contribution < -0.4 is 0 Å². The maximum Gasteiger partial charge on any atom is 0.123 e. The van der Waals surface area contributed by atoms with Gasteiger partial charge < -0.3 is 5.11 Å². The van der Waals surface area contributed by atoms with Crippen molar-refractivity contribution in [2.75, 3.05) is 7.05 Å². The van der Waals surface area contributed by atoms with Gasteiger partial charge in [0, 0.05) is 17.6 Å². The molecule has 0 radical (unpaired) electrons. The SMILES string of the molecule is CC(C)C(C)N(C)C(C)c1cc(F)ccc1O. The van der Waals surface area contributed by atoms with Crippen molar-refractivity contribution >= 4 is 0 Å². The first-order valence-electron chi connectivity index (χ1n) is 6.05. The molecule has 0 amide bonds.